The predicted molar refractivity (Wildman–Crippen MR) is 102 cm³/mol. The molecule has 0 unspecified atom stereocenters. The van der Waals surface area contributed by atoms with E-state index in [0.717, 1.165) is 56.6 Å². The number of nitrogens with zero attached hydrogens (tertiary/aromatic N) is 1. The highest BCUT2D eigenvalue weighted by atomic mass is 32.1. The van der Waals surface area contributed by atoms with Crippen LogP contribution in [0.1, 0.15) is 66.1 Å². The molecule has 0 radical (unpaired) electrons. The quantitative estimate of drug-likeness (QED) is 0.889. The zero-order chi connectivity index (χ0) is 17.8. The van der Waals surface area contributed by atoms with Gasteiger partial charge in [-0.25, -0.2) is 0 Å². The van der Waals surface area contributed by atoms with Crippen molar-refractivity contribution in [3.05, 3.63) is 21.4 Å². The summed E-state index contributed by atoms with van der Waals surface area (Å²) < 4.78 is 0. The minimum absolute atomic E-state index is 0.0574. The summed E-state index contributed by atoms with van der Waals surface area (Å²) in [6, 6.07) is 2.06. The van der Waals surface area contributed by atoms with Crippen LogP contribution < -0.4 is 5.32 Å². The summed E-state index contributed by atoms with van der Waals surface area (Å²) >= 11 is 1.65. The minimum Gasteiger partial charge on any atom is -0.356 e. The third-order valence-corrected chi connectivity index (χ3v) is 6.47. The summed E-state index contributed by atoms with van der Waals surface area (Å²) in [5.41, 5.74) is 1.22. The van der Waals surface area contributed by atoms with Gasteiger partial charge in [-0.15, -0.1) is 11.3 Å². The normalized spacial score (nSPS) is 20.9. The van der Waals surface area contributed by atoms with Crippen molar-refractivity contribution in [2.45, 2.75) is 58.8 Å². The summed E-state index contributed by atoms with van der Waals surface area (Å²) in [6.45, 7) is 6.74. The van der Waals surface area contributed by atoms with Gasteiger partial charge in [0.05, 0.1) is 4.88 Å². The van der Waals surface area contributed by atoms with Crippen molar-refractivity contribution in [2.75, 3.05) is 19.6 Å². The molecular formula is C20H30N2O2S. The van der Waals surface area contributed by atoms with Crippen LogP contribution in [0.2, 0.25) is 0 Å². The Morgan fingerprint density at radius 1 is 1.24 bits per heavy atom. The second-order valence-corrected chi connectivity index (χ2v) is 8.98. The Morgan fingerprint density at radius 3 is 2.64 bits per heavy atom. The van der Waals surface area contributed by atoms with Gasteiger partial charge >= 0.3 is 0 Å². The highest BCUT2D eigenvalue weighted by Crippen LogP contribution is 2.33. The van der Waals surface area contributed by atoms with Crippen LogP contribution in [0.3, 0.4) is 0 Å². The van der Waals surface area contributed by atoms with Crippen molar-refractivity contribution in [3.8, 4) is 0 Å². The van der Waals surface area contributed by atoms with Crippen LogP contribution in [-0.4, -0.2) is 36.3 Å². The number of aryl methyl sites for hydroxylation is 1. The van der Waals surface area contributed by atoms with E-state index in [-0.39, 0.29) is 17.7 Å². The first-order valence-corrected chi connectivity index (χ1v) is 10.5. The average molecular weight is 363 g/mol. The van der Waals surface area contributed by atoms with E-state index in [4.69, 9.17) is 0 Å². The van der Waals surface area contributed by atoms with Crippen LogP contribution in [0, 0.1) is 11.8 Å². The molecule has 1 aromatic heterocycles. The van der Waals surface area contributed by atoms with Gasteiger partial charge in [-0.05, 0) is 49.7 Å². The lowest BCUT2D eigenvalue weighted by Crippen LogP contribution is -2.35. The van der Waals surface area contributed by atoms with Gasteiger partial charge in [0.1, 0.15) is 0 Å². The predicted octanol–water partition coefficient (Wildman–Crippen LogP) is 3.64. The topological polar surface area (TPSA) is 49.4 Å². The van der Waals surface area contributed by atoms with Crippen LogP contribution >= 0.6 is 11.3 Å². The zero-order valence-corrected chi connectivity index (χ0v) is 16.3. The smallest absolute Gasteiger partial charge is 0.263 e. The third kappa shape index (κ3) is 4.63. The number of carbonyl (C=O) groups is 2. The molecule has 1 saturated heterocycles. The molecule has 0 bridgehead atoms. The lowest BCUT2D eigenvalue weighted by molar-refractivity contribution is -0.125. The lowest BCUT2D eigenvalue weighted by Gasteiger charge is -2.21. The minimum atomic E-state index is 0.0574. The van der Waals surface area contributed by atoms with E-state index in [0.29, 0.717) is 5.92 Å². The van der Waals surface area contributed by atoms with E-state index in [9.17, 15) is 9.59 Å². The molecule has 138 valence electrons. The zero-order valence-electron chi connectivity index (χ0n) is 15.5. The van der Waals surface area contributed by atoms with Crippen molar-refractivity contribution >= 4 is 23.2 Å². The van der Waals surface area contributed by atoms with Crippen LogP contribution in [0.15, 0.2) is 6.07 Å². The number of hydrogen-bond donors (Lipinski definition) is 1. The molecule has 1 N–H and O–H groups in total. The molecule has 2 heterocycles. The molecule has 1 aliphatic carbocycles. The summed E-state index contributed by atoms with van der Waals surface area (Å²) in [6.07, 6.45) is 7.31. The highest BCUT2D eigenvalue weighted by Gasteiger charge is 2.28. The molecule has 3 rings (SSSR count). The monoisotopic (exact) mass is 362 g/mol. The van der Waals surface area contributed by atoms with Crippen LogP contribution in [-0.2, 0) is 17.6 Å². The lowest BCUT2D eigenvalue weighted by atomic mass is 9.87. The first-order chi connectivity index (χ1) is 12.0. The Kier molecular flexibility index (Phi) is 6.15. The maximum Gasteiger partial charge on any atom is 0.263 e. The molecular weight excluding hydrogens is 332 g/mol. The third-order valence-electron chi connectivity index (χ3n) is 5.24. The Hall–Kier alpha value is -1.36. The van der Waals surface area contributed by atoms with Crippen LogP contribution in [0.5, 0.6) is 0 Å². The fourth-order valence-corrected chi connectivity index (χ4v) is 4.91. The number of thiophene rings is 1. The Morgan fingerprint density at radius 2 is 1.96 bits per heavy atom. The second kappa shape index (κ2) is 8.35. The fourth-order valence-electron chi connectivity index (χ4n) is 3.73. The number of amides is 2. The second-order valence-electron chi connectivity index (χ2n) is 7.84. The van der Waals surface area contributed by atoms with Gasteiger partial charge in [0.2, 0.25) is 5.91 Å². The molecule has 25 heavy (non-hydrogen) atoms. The van der Waals surface area contributed by atoms with Crippen molar-refractivity contribution in [2.24, 2.45) is 11.8 Å². The van der Waals surface area contributed by atoms with Crippen molar-refractivity contribution in [1.82, 2.24) is 10.2 Å². The van der Waals surface area contributed by atoms with E-state index in [1.165, 1.54) is 23.3 Å². The first-order valence-electron chi connectivity index (χ1n) is 9.73. The Bertz CT molecular complexity index is 615. The Labute approximate surface area is 155 Å². The van der Waals surface area contributed by atoms with E-state index in [1.807, 2.05) is 4.90 Å². The average Bonchev–Trinajstić information content (AvgIpc) is 2.83. The van der Waals surface area contributed by atoms with E-state index < -0.39 is 0 Å². The van der Waals surface area contributed by atoms with Gasteiger partial charge in [-0.3, -0.25) is 9.59 Å². The van der Waals surface area contributed by atoms with Gasteiger partial charge in [-0.2, -0.15) is 0 Å². The molecule has 1 atom stereocenters. The largest absolute Gasteiger partial charge is 0.356 e. The van der Waals surface area contributed by atoms with Gasteiger partial charge in [0.25, 0.3) is 5.91 Å². The number of hydrogen-bond acceptors (Lipinski definition) is 3. The molecule has 0 aromatic carbocycles. The summed E-state index contributed by atoms with van der Waals surface area (Å²) in [5.74, 6) is 0.900. The summed E-state index contributed by atoms with van der Waals surface area (Å²) in [5, 5.41) is 3.06. The number of likely N-dealkylation sites (tertiary alicyclic amines) is 1. The van der Waals surface area contributed by atoms with E-state index >= 15 is 0 Å². The number of fused-ring (bicyclic) bond motifs is 1. The Balaban J connectivity index is 1.64. The van der Waals surface area contributed by atoms with Crippen molar-refractivity contribution < 1.29 is 9.59 Å². The molecule has 0 spiro atoms. The highest BCUT2D eigenvalue weighted by molar-refractivity contribution is 7.14. The standard InChI is InChI=1S/C20H30N2O2S/c1-14(2)13-21-19(23)15-7-8-17-16(11-15)12-18(25-17)20(24)22-9-5-3-4-6-10-22/h12,14-15H,3-11,13H2,1-2H3,(H,21,23)/t15-/m1/s1. The fraction of sp³-hybridized carbons (Fsp3) is 0.700. The number of nitrogens with one attached hydrogen (secondary N) is 1. The first kappa shape index (κ1) is 18.4. The van der Waals surface area contributed by atoms with Gasteiger partial charge in [-0.1, -0.05) is 26.7 Å². The van der Waals surface area contributed by atoms with E-state index in [1.54, 1.807) is 11.3 Å². The molecule has 2 aliphatic rings. The molecule has 1 aromatic rings. The van der Waals surface area contributed by atoms with Gasteiger partial charge in [0.15, 0.2) is 0 Å². The SMILES string of the molecule is CC(C)CNC(=O)[C@@H]1CCc2sc(C(=O)N3CCCCCC3)cc2C1. The van der Waals surface area contributed by atoms with Crippen LogP contribution in [0.25, 0.3) is 0 Å². The molecule has 0 saturated carbocycles. The number of rotatable bonds is 4. The maximum absolute atomic E-state index is 12.8. The van der Waals surface area contributed by atoms with Gasteiger partial charge < -0.3 is 10.2 Å². The molecule has 5 heteroatoms. The summed E-state index contributed by atoms with van der Waals surface area (Å²) in [7, 11) is 0. The molecule has 4 nitrogen and oxygen atoms in total. The molecule has 1 fully saturated rings. The van der Waals surface area contributed by atoms with Gasteiger partial charge in [0, 0.05) is 30.4 Å². The van der Waals surface area contributed by atoms with E-state index in [2.05, 4.69) is 25.2 Å². The maximum atomic E-state index is 12.8. The molecule has 2 amide bonds. The summed E-state index contributed by atoms with van der Waals surface area (Å²) in [4.78, 5) is 29.4. The molecule has 1 aliphatic heterocycles. The number of carbonyl (C=O) groups excluding carboxylic acids is 2. The van der Waals surface area contributed by atoms with Crippen molar-refractivity contribution in [1.29, 1.82) is 0 Å². The van der Waals surface area contributed by atoms with Crippen molar-refractivity contribution in [3.63, 3.8) is 0 Å². The van der Waals surface area contributed by atoms with Crippen LogP contribution in [0.4, 0.5) is 0 Å².